The van der Waals surface area contributed by atoms with Gasteiger partial charge in [-0.25, -0.2) is 0 Å². The van der Waals surface area contributed by atoms with Crippen molar-refractivity contribution in [2.24, 2.45) is 0 Å². The quantitative estimate of drug-likeness (QED) is 0.645. The third-order valence-corrected chi connectivity index (χ3v) is 3.18. The smallest absolute Gasteiger partial charge is 0.245 e. The van der Waals surface area contributed by atoms with Gasteiger partial charge in [-0.05, 0) is 13.5 Å². The maximum Gasteiger partial charge on any atom is 0.245 e. The van der Waals surface area contributed by atoms with Crippen molar-refractivity contribution < 1.29 is 14.3 Å². The highest BCUT2D eigenvalue weighted by molar-refractivity contribution is 5.90. The highest BCUT2D eigenvalue weighted by Gasteiger charge is 2.33. The van der Waals surface area contributed by atoms with Gasteiger partial charge in [0.25, 0.3) is 0 Å². The molecule has 2 atom stereocenters. The van der Waals surface area contributed by atoms with Crippen LogP contribution in [-0.4, -0.2) is 62.1 Å². The fourth-order valence-electron chi connectivity index (χ4n) is 2.29. The lowest BCUT2D eigenvalue weighted by Gasteiger charge is -2.34. The Morgan fingerprint density at radius 3 is 3.12 bits per heavy atom. The second-order valence-electron chi connectivity index (χ2n) is 4.49. The van der Waals surface area contributed by atoms with Crippen LogP contribution in [-0.2, 0) is 14.3 Å². The van der Waals surface area contributed by atoms with Crippen LogP contribution in [0.3, 0.4) is 0 Å². The number of nitrogens with one attached hydrogen (secondary N) is 2. The minimum Gasteiger partial charge on any atom is -0.373 e. The third kappa shape index (κ3) is 2.95. The molecule has 0 aromatic carbocycles. The molecule has 2 saturated heterocycles. The van der Waals surface area contributed by atoms with Crippen molar-refractivity contribution in [3.63, 3.8) is 0 Å². The van der Waals surface area contributed by atoms with Gasteiger partial charge < -0.3 is 20.3 Å². The average molecular weight is 241 g/mol. The Bertz CT molecular complexity index is 306. The summed E-state index contributed by atoms with van der Waals surface area (Å²) >= 11 is 0. The molecule has 0 spiro atoms. The molecule has 6 heteroatoms. The molecule has 0 aromatic rings. The molecule has 0 bridgehead atoms. The number of carbonyl (C=O) groups excluding carboxylic acids is 2. The zero-order valence-electron chi connectivity index (χ0n) is 10.1. The van der Waals surface area contributed by atoms with Crippen molar-refractivity contribution in [3.8, 4) is 0 Å². The second-order valence-corrected chi connectivity index (χ2v) is 4.49. The highest BCUT2D eigenvalue weighted by atomic mass is 16.5. The molecule has 2 heterocycles. The average Bonchev–Trinajstić information content (AvgIpc) is 2.76. The molecule has 6 nitrogen and oxygen atoms in total. The standard InChI is InChI=1S/C11H19N3O3/c1-12-6-8-7-14(4-5-17-8)11(16)9-2-3-10(15)13-9/h8-9,12H,2-7H2,1H3,(H,13,15). The SMILES string of the molecule is CNCC1CN(C(=O)C2CCC(=O)N2)CCO1. The molecule has 2 fully saturated rings. The summed E-state index contributed by atoms with van der Waals surface area (Å²) in [5.74, 6) is 0.00337. The van der Waals surface area contributed by atoms with Gasteiger partial charge in [-0.1, -0.05) is 0 Å². The van der Waals surface area contributed by atoms with Crippen LogP contribution < -0.4 is 10.6 Å². The molecule has 2 N–H and O–H groups in total. The summed E-state index contributed by atoms with van der Waals surface area (Å²) in [4.78, 5) is 25.0. The summed E-state index contributed by atoms with van der Waals surface area (Å²) in [6.07, 6.45) is 1.13. The lowest BCUT2D eigenvalue weighted by atomic mass is 10.1. The van der Waals surface area contributed by atoms with E-state index in [0.29, 0.717) is 32.5 Å². The normalized spacial score (nSPS) is 29.2. The number of rotatable bonds is 3. The number of hydrogen-bond donors (Lipinski definition) is 2. The molecule has 0 radical (unpaired) electrons. The predicted molar refractivity (Wildman–Crippen MR) is 61.4 cm³/mol. The summed E-state index contributed by atoms with van der Waals surface area (Å²) in [7, 11) is 1.86. The third-order valence-electron chi connectivity index (χ3n) is 3.18. The Balaban J connectivity index is 1.88. The van der Waals surface area contributed by atoms with Crippen LogP contribution in [0, 0.1) is 0 Å². The van der Waals surface area contributed by atoms with E-state index < -0.39 is 0 Å². The van der Waals surface area contributed by atoms with Gasteiger partial charge in [-0.2, -0.15) is 0 Å². The van der Waals surface area contributed by atoms with E-state index in [4.69, 9.17) is 4.74 Å². The Kier molecular flexibility index (Phi) is 3.96. The number of carbonyl (C=O) groups is 2. The van der Waals surface area contributed by atoms with Gasteiger partial charge in [-0.3, -0.25) is 9.59 Å². The van der Waals surface area contributed by atoms with E-state index >= 15 is 0 Å². The number of likely N-dealkylation sites (N-methyl/N-ethyl adjacent to an activating group) is 1. The Morgan fingerprint density at radius 2 is 2.47 bits per heavy atom. The first kappa shape index (κ1) is 12.3. The topological polar surface area (TPSA) is 70.7 Å². The molecule has 96 valence electrons. The lowest BCUT2D eigenvalue weighted by molar-refractivity contribution is -0.141. The van der Waals surface area contributed by atoms with Crippen LogP contribution in [0.15, 0.2) is 0 Å². The zero-order valence-corrected chi connectivity index (χ0v) is 10.1. The minimum absolute atomic E-state index is 0.0246. The molecular formula is C11H19N3O3. The predicted octanol–water partition coefficient (Wildman–Crippen LogP) is -1.29. The molecule has 2 rings (SSSR count). The zero-order chi connectivity index (χ0) is 12.3. The summed E-state index contributed by atoms with van der Waals surface area (Å²) < 4.78 is 5.54. The van der Waals surface area contributed by atoms with Crippen molar-refractivity contribution >= 4 is 11.8 Å². The monoisotopic (exact) mass is 241 g/mol. The summed E-state index contributed by atoms with van der Waals surface area (Å²) in [6.45, 7) is 2.52. The molecule has 2 aliphatic heterocycles. The second kappa shape index (κ2) is 5.46. The van der Waals surface area contributed by atoms with E-state index in [2.05, 4.69) is 10.6 Å². The number of amides is 2. The van der Waals surface area contributed by atoms with E-state index in [0.717, 1.165) is 6.54 Å². The number of morpholine rings is 1. The van der Waals surface area contributed by atoms with Crippen molar-refractivity contribution in [1.82, 2.24) is 15.5 Å². The number of nitrogens with zero attached hydrogens (tertiary/aromatic N) is 1. The molecule has 2 unspecified atom stereocenters. The first-order valence-corrected chi connectivity index (χ1v) is 6.05. The van der Waals surface area contributed by atoms with Crippen LogP contribution in [0.1, 0.15) is 12.8 Å². The molecule has 0 aliphatic carbocycles. The van der Waals surface area contributed by atoms with Crippen LogP contribution in [0.25, 0.3) is 0 Å². The van der Waals surface area contributed by atoms with Gasteiger partial charge in [0.1, 0.15) is 6.04 Å². The van der Waals surface area contributed by atoms with Crippen LogP contribution in [0.5, 0.6) is 0 Å². The van der Waals surface area contributed by atoms with Crippen LogP contribution in [0.2, 0.25) is 0 Å². The van der Waals surface area contributed by atoms with Gasteiger partial charge >= 0.3 is 0 Å². The summed E-state index contributed by atoms with van der Waals surface area (Å²) in [5.41, 5.74) is 0. The largest absolute Gasteiger partial charge is 0.373 e. The van der Waals surface area contributed by atoms with Gasteiger partial charge in [0, 0.05) is 26.1 Å². The molecule has 17 heavy (non-hydrogen) atoms. The van der Waals surface area contributed by atoms with E-state index in [-0.39, 0.29) is 24.0 Å². The molecule has 2 amide bonds. The van der Waals surface area contributed by atoms with Crippen LogP contribution >= 0.6 is 0 Å². The molecular weight excluding hydrogens is 222 g/mol. The van der Waals surface area contributed by atoms with Gasteiger partial charge in [0.05, 0.1) is 12.7 Å². The van der Waals surface area contributed by atoms with Crippen molar-refractivity contribution in [1.29, 1.82) is 0 Å². The molecule has 0 aromatic heterocycles. The summed E-state index contributed by atoms with van der Waals surface area (Å²) in [6, 6.07) is -0.323. The van der Waals surface area contributed by atoms with Gasteiger partial charge in [0.15, 0.2) is 0 Å². The fourth-order valence-corrected chi connectivity index (χ4v) is 2.29. The van der Waals surface area contributed by atoms with E-state index in [1.807, 2.05) is 7.05 Å². The van der Waals surface area contributed by atoms with Crippen molar-refractivity contribution in [2.45, 2.75) is 25.0 Å². The Labute approximate surface area is 101 Å². The maximum absolute atomic E-state index is 12.1. The number of hydrogen-bond acceptors (Lipinski definition) is 4. The molecule has 2 aliphatic rings. The van der Waals surface area contributed by atoms with Crippen molar-refractivity contribution in [3.05, 3.63) is 0 Å². The van der Waals surface area contributed by atoms with E-state index in [9.17, 15) is 9.59 Å². The number of ether oxygens (including phenoxy) is 1. The summed E-state index contributed by atoms with van der Waals surface area (Å²) in [5, 5.41) is 5.75. The Hall–Kier alpha value is -1.14. The molecule has 0 saturated carbocycles. The van der Waals surface area contributed by atoms with Crippen LogP contribution in [0.4, 0.5) is 0 Å². The highest BCUT2D eigenvalue weighted by Crippen LogP contribution is 2.12. The van der Waals surface area contributed by atoms with E-state index in [1.54, 1.807) is 4.90 Å². The first-order valence-electron chi connectivity index (χ1n) is 6.05. The van der Waals surface area contributed by atoms with Gasteiger partial charge in [-0.15, -0.1) is 0 Å². The van der Waals surface area contributed by atoms with E-state index in [1.165, 1.54) is 0 Å². The van der Waals surface area contributed by atoms with Crippen molar-refractivity contribution in [2.75, 3.05) is 33.3 Å². The Morgan fingerprint density at radius 1 is 1.65 bits per heavy atom. The minimum atomic E-state index is -0.323. The fraction of sp³-hybridized carbons (Fsp3) is 0.818. The first-order chi connectivity index (χ1) is 8.20. The van der Waals surface area contributed by atoms with Gasteiger partial charge in [0.2, 0.25) is 11.8 Å². The lowest BCUT2D eigenvalue weighted by Crippen LogP contribution is -2.53. The maximum atomic E-state index is 12.1.